The number of halogens is 3. The zero-order valence-electron chi connectivity index (χ0n) is 15.5. The Morgan fingerprint density at radius 1 is 1.28 bits per heavy atom. The van der Waals surface area contributed by atoms with Crippen molar-refractivity contribution in [3.8, 4) is 0 Å². The summed E-state index contributed by atoms with van der Waals surface area (Å²) < 4.78 is 38.9. The second-order valence-electron chi connectivity index (χ2n) is 6.25. The molecule has 158 valence electrons. The molecule has 0 fully saturated rings. The van der Waals surface area contributed by atoms with E-state index in [4.69, 9.17) is 14.6 Å². The smallest absolute Gasteiger partial charge is 0.475 e. The fourth-order valence-corrected chi connectivity index (χ4v) is 2.71. The Hall–Kier alpha value is -3.02. The van der Waals surface area contributed by atoms with E-state index in [0.717, 1.165) is 18.1 Å². The fraction of sp³-hybridized carbons (Fsp3) is 0.471. The lowest BCUT2D eigenvalue weighted by atomic mass is 10.1. The number of carboxylic acids is 1. The summed E-state index contributed by atoms with van der Waals surface area (Å²) in [6, 6.07) is 5.60. The number of alkyl halides is 3. The van der Waals surface area contributed by atoms with Gasteiger partial charge in [0.15, 0.2) is 0 Å². The third kappa shape index (κ3) is 6.82. The monoisotopic (exact) mass is 415 g/mol. The van der Waals surface area contributed by atoms with Crippen molar-refractivity contribution in [3.05, 3.63) is 42.2 Å². The maximum atomic E-state index is 12.6. The van der Waals surface area contributed by atoms with Gasteiger partial charge in [0.1, 0.15) is 12.2 Å². The molecule has 0 aliphatic carbocycles. The Kier molecular flexibility index (Phi) is 7.65. The van der Waals surface area contributed by atoms with Gasteiger partial charge in [0.05, 0.1) is 19.6 Å². The molecule has 3 heterocycles. The number of pyridine rings is 1. The van der Waals surface area contributed by atoms with Crippen molar-refractivity contribution < 1.29 is 32.6 Å². The summed E-state index contributed by atoms with van der Waals surface area (Å²) in [4.78, 5) is 31.8. The van der Waals surface area contributed by atoms with Crippen molar-refractivity contribution in [2.24, 2.45) is 5.92 Å². The summed E-state index contributed by atoms with van der Waals surface area (Å²) in [6.45, 7) is 2.43. The van der Waals surface area contributed by atoms with Gasteiger partial charge in [0.25, 0.3) is 0 Å². The number of rotatable bonds is 4. The molecule has 29 heavy (non-hydrogen) atoms. The van der Waals surface area contributed by atoms with Crippen molar-refractivity contribution in [2.75, 3.05) is 20.3 Å². The van der Waals surface area contributed by atoms with E-state index in [1.54, 1.807) is 13.3 Å². The molecule has 1 amide bonds. The van der Waals surface area contributed by atoms with Crippen LogP contribution in [0.1, 0.15) is 11.5 Å². The van der Waals surface area contributed by atoms with Crippen molar-refractivity contribution >= 4 is 11.9 Å². The first-order chi connectivity index (χ1) is 13.7. The molecule has 0 spiro atoms. The Bertz CT molecular complexity index is 813. The van der Waals surface area contributed by atoms with Crippen LogP contribution in [-0.2, 0) is 33.8 Å². The summed E-state index contributed by atoms with van der Waals surface area (Å²) >= 11 is 0. The van der Waals surface area contributed by atoms with Crippen LogP contribution in [0.25, 0.3) is 0 Å². The standard InChI is InChI=1S/C15H19N5O2.C2HF3O2/c1-22-10-12-7-19(9-14-17-11-18-20(14)8-12)15(21)6-13-4-2-3-5-16-13;3-2(4,5)1(6)7/h2-5,11-12H,6-10H2,1H3;(H,6,7). The number of fused-ring (bicyclic) bond motifs is 1. The normalized spacial score (nSPS) is 16.3. The van der Waals surface area contributed by atoms with Crippen molar-refractivity contribution in [3.63, 3.8) is 0 Å². The molecule has 0 radical (unpaired) electrons. The molecule has 0 bridgehead atoms. The number of carboxylic acid groups (broad SMARTS) is 1. The minimum atomic E-state index is -5.08. The molecule has 0 aromatic carbocycles. The molecule has 1 aliphatic heterocycles. The van der Waals surface area contributed by atoms with Crippen molar-refractivity contribution in [1.29, 1.82) is 0 Å². The second kappa shape index (κ2) is 9.96. The van der Waals surface area contributed by atoms with Crippen LogP contribution in [0.5, 0.6) is 0 Å². The van der Waals surface area contributed by atoms with Crippen LogP contribution in [0.3, 0.4) is 0 Å². The number of ether oxygens (including phenoxy) is 1. The number of nitrogens with zero attached hydrogens (tertiary/aromatic N) is 5. The lowest BCUT2D eigenvalue weighted by molar-refractivity contribution is -0.192. The van der Waals surface area contributed by atoms with Gasteiger partial charge >= 0.3 is 12.1 Å². The molecule has 2 aromatic heterocycles. The van der Waals surface area contributed by atoms with E-state index in [-0.39, 0.29) is 11.8 Å². The van der Waals surface area contributed by atoms with Crippen molar-refractivity contribution in [1.82, 2.24) is 24.6 Å². The number of amides is 1. The lowest BCUT2D eigenvalue weighted by Gasteiger charge is -2.23. The van der Waals surface area contributed by atoms with Crippen LogP contribution in [0, 0.1) is 5.92 Å². The third-order valence-corrected chi connectivity index (χ3v) is 3.99. The van der Waals surface area contributed by atoms with E-state index in [0.29, 0.717) is 26.1 Å². The average molecular weight is 415 g/mol. The number of hydrogen-bond donors (Lipinski definition) is 1. The summed E-state index contributed by atoms with van der Waals surface area (Å²) in [7, 11) is 1.67. The number of carbonyl (C=O) groups is 2. The van der Waals surface area contributed by atoms with Crippen LogP contribution in [-0.4, -0.2) is 68.1 Å². The van der Waals surface area contributed by atoms with E-state index in [1.165, 1.54) is 6.33 Å². The average Bonchev–Trinajstić information content (AvgIpc) is 3.01. The first-order valence-corrected chi connectivity index (χ1v) is 8.54. The van der Waals surface area contributed by atoms with Crippen LogP contribution < -0.4 is 0 Å². The van der Waals surface area contributed by atoms with Gasteiger partial charge in [0.2, 0.25) is 5.91 Å². The molecule has 1 atom stereocenters. The largest absolute Gasteiger partial charge is 0.490 e. The highest BCUT2D eigenvalue weighted by Gasteiger charge is 2.38. The molecule has 0 saturated heterocycles. The Morgan fingerprint density at radius 2 is 2.00 bits per heavy atom. The van der Waals surface area contributed by atoms with Gasteiger partial charge in [-0.2, -0.15) is 18.3 Å². The number of methoxy groups -OCH3 is 1. The molecule has 12 heteroatoms. The van der Waals surface area contributed by atoms with E-state index < -0.39 is 12.1 Å². The fourth-order valence-electron chi connectivity index (χ4n) is 2.71. The predicted octanol–water partition coefficient (Wildman–Crippen LogP) is 1.15. The molecule has 1 N–H and O–H groups in total. The minimum absolute atomic E-state index is 0.0521. The highest BCUT2D eigenvalue weighted by atomic mass is 19.4. The number of aromatic nitrogens is 4. The maximum Gasteiger partial charge on any atom is 0.490 e. The van der Waals surface area contributed by atoms with E-state index >= 15 is 0 Å². The second-order valence-corrected chi connectivity index (χ2v) is 6.25. The Labute approximate surface area is 164 Å². The summed E-state index contributed by atoms with van der Waals surface area (Å²) in [5, 5.41) is 11.4. The van der Waals surface area contributed by atoms with Crippen LogP contribution in [0.2, 0.25) is 0 Å². The topological polar surface area (TPSA) is 110 Å². The minimum Gasteiger partial charge on any atom is -0.475 e. The molecule has 0 saturated carbocycles. The van der Waals surface area contributed by atoms with E-state index in [9.17, 15) is 18.0 Å². The molecule has 2 aromatic rings. The van der Waals surface area contributed by atoms with Crippen LogP contribution in [0.15, 0.2) is 30.7 Å². The molecular formula is C17H20F3N5O4. The number of hydrogen-bond acceptors (Lipinski definition) is 6. The first-order valence-electron chi connectivity index (χ1n) is 8.54. The summed E-state index contributed by atoms with van der Waals surface area (Å²) in [5.74, 6) is -1.68. The zero-order valence-corrected chi connectivity index (χ0v) is 15.5. The lowest BCUT2D eigenvalue weighted by Crippen LogP contribution is -2.36. The van der Waals surface area contributed by atoms with Gasteiger partial charge < -0.3 is 14.7 Å². The third-order valence-electron chi connectivity index (χ3n) is 3.99. The molecule has 1 aliphatic rings. The van der Waals surface area contributed by atoms with Gasteiger partial charge in [-0.3, -0.25) is 9.78 Å². The molecule has 3 rings (SSSR count). The van der Waals surface area contributed by atoms with Crippen LogP contribution >= 0.6 is 0 Å². The van der Waals surface area contributed by atoms with Gasteiger partial charge in [-0.1, -0.05) is 6.07 Å². The molecule has 1 unspecified atom stereocenters. The quantitative estimate of drug-likeness (QED) is 0.798. The molecule has 9 nitrogen and oxygen atoms in total. The Morgan fingerprint density at radius 3 is 2.59 bits per heavy atom. The zero-order chi connectivity index (χ0) is 21.4. The van der Waals surface area contributed by atoms with E-state index in [1.807, 2.05) is 27.8 Å². The first kappa shape index (κ1) is 22.3. The van der Waals surface area contributed by atoms with Gasteiger partial charge in [-0.05, 0) is 12.1 Å². The number of aliphatic carboxylic acids is 1. The SMILES string of the molecule is COCC1CN(C(=O)Cc2ccccn2)Cc2ncnn2C1.O=C(O)C(F)(F)F. The van der Waals surface area contributed by atoms with E-state index in [2.05, 4.69) is 15.1 Å². The Balaban J connectivity index is 0.000000370. The highest BCUT2D eigenvalue weighted by Crippen LogP contribution is 2.16. The van der Waals surface area contributed by atoms with Crippen molar-refractivity contribution in [2.45, 2.75) is 25.7 Å². The van der Waals surface area contributed by atoms with Crippen LogP contribution in [0.4, 0.5) is 13.2 Å². The predicted molar refractivity (Wildman–Crippen MR) is 92.4 cm³/mol. The number of carbonyl (C=O) groups excluding carboxylic acids is 1. The van der Waals surface area contributed by atoms with Gasteiger partial charge in [0, 0.05) is 38.0 Å². The molecular weight excluding hydrogens is 395 g/mol. The van der Waals surface area contributed by atoms with Gasteiger partial charge in [-0.25, -0.2) is 14.5 Å². The van der Waals surface area contributed by atoms with Gasteiger partial charge in [-0.15, -0.1) is 0 Å². The summed E-state index contributed by atoms with van der Waals surface area (Å²) in [5.41, 5.74) is 0.779. The highest BCUT2D eigenvalue weighted by molar-refractivity contribution is 5.78. The summed E-state index contributed by atoms with van der Waals surface area (Å²) in [6.07, 6.45) is -1.55. The maximum absolute atomic E-state index is 12.6.